The van der Waals surface area contributed by atoms with Gasteiger partial charge in [-0.05, 0) is 18.3 Å². The zero-order chi connectivity index (χ0) is 10.1. The van der Waals surface area contributed by atoms with Gasteiger partial charge in [0.25, 0.3) is 0 Å². The molecule has 0 aromatic heterocycles. The molecule has 0 saturated heterocycles. The quantitative estimate of drug-likeness (QED) is 0.635. The van der Waals surface area contributed by atoms with Crippen molar-refractivity contribution in [2.24, 2.45) is 5.41 Å². The Bertz CT molecular complexity index is 251. The number of hydrogen-bond acceptors (Lipinski definition) is 3. The van der Waals surface area contributed by atoms with E-state index < -0.39 is 5.97 Å². The van der Waals surface area contributed by atoms with Crippen LogP contribution >= 0.6 is 0 Å². The summed E-state index contributed by atoms with van der Waals surface area (Å²) in [4.78, 5) is 11.1. The maximum Gasteiger partial charge on any atom is 0.337 e. The SMILES string of the molecule is COC(=O)C1=C(O)CC(C)(C)CC1. The summed E-state index contributed by atoms with van der Waals surface area (Å²) in [7, 11) is 1.34. The fraction of sp³-hybridized carbons (Fsp3) is 0.700. The molecule has 0 saturated carbocycles. The number of ether oxygens (including phenoxy) is 1. The zero-order valence-electron chi connectivity index (χ0n) is 8.39. The van der Waals surface area contributed by atoms with Crippen molar-refractivity contribution in [3.63, 3.8) is 0 Å². The molecule has 0 heterocycles. The molecule has 1 aliphatic carbocycles. The average molecular weight is 184 g/mol. The summed E-state index contributed by atoms with van der Waals surface area (Å²) in [6.07, 6.45) is 2.10. The van der Waals surface area contributed by atoms with E-state index in [0.717, 1.165) is 6.42 Å². The molecule has 0 bridgehead atoms. The van der Waals surface area contributed by atoms with E-state index in [1.54, 1.807) is 0 Å². The lowest BCUT2D eigenvalue weighted by atomic mass is 9.77. The van der Waals surface area contributed by atoms with Crippen molar-refractivity contribution in [3.8, 4) is 0 Å². The molecule has 1 aliphatic rings. The van der Waals surface area contributed by atoms with Crippen LogP contribution in [0.15, 0.2) is 11.3 Å². The van der Waals surface area contributed by atoms with Gasteiger partial charge in [-0.3, -0.25) is 0 Å². The summed E-state index contributed by atoms with van der Waals surface area (Å²) in [6, 6.07) is 0. The van der Waals surface area contributed by atoms with E-state index in [0.29, 0.717) is 18.4 Å². The number of allylic oxidation sites excluding steroid dienone is 1. The smallest absolute Gasteiger partial charge is 0.337 e. The second-order valence-electron chi connectivity index (χ2n) is 4.26. The zero-order valence-corrected chi connectivity index (χ0v) is 8.39. The Morgan fingerprint density at radius 2 is 2.15 bits per heavy atom. The van der Waals surface area contributed by atoms with Gasteiger partial charge >= 0.3 is 5.97 Å². The number of methoxy groups -OCH3 is 1. The standard InChI is InChI=1S/C10H16O3/c1-10(2)5-4-7(8(11)6-10)9(12)13-3/h11H,4-6H2,1-3H3. The van der Waals surface area contributed by atoms with Crippen LogP contribution in [0.3, 0.4) is 0 Å². The second kappa shape index (κ2) is 3.40. The van der Waals surface area contributed by atoms with Gasteiger partial charge in [-0.25, -0.2) is 4.79 Å². The van der Waals surface area contributed by atoms with Gasteiger partial charge in [0.05, 0.1) is 12.7 Å². The highest BCUT2D eigenvalue weighted by Crippen LogP contribution is 2.37. The topological polar surface area (TPSA) is 46.5 Å². The largest absolute Gasteiger partial charge is 0.512 e. The number of rotatable bonds is 1. The third-order valence-electron chi connectivity index (χ3n) is 2.48. The molecule has 0 aromatic carbocycles. The van der Waals surface area contributed by atoms with Crippen LogP contribution in [0.4, 0.5) is 0 Å². The van der Waals surface area contributed by atoms with Gasteiger partial charge in [0.2, 0.25) is 0 Å². The van der Waals surface area contributed by atoms with Crippen molar-refractivity contribution in [1.29, 1.82) is 0 Å². The third-order valence-corrected chi connectivity index (χ3v) is 2.48. The van der Waals surface area contributed by atoms with Crippen molar-refractivity contribution in [2.75, 3.05) is 7.11 Å². The van der Waals surface area contributed by atoms with Crippen molar-refractivity contribution in [1.82, 2.24) is 0 Å². The first-order chi connectivity index (χ1) is 5.96. The van der Waals surface area contributed by atoms with Crippen LogP contribution in [0.1, 0.15) is 33.1 Å². The Hall–Kier alpha value is -0.990. The van der Waals surface area contributed by atoms with E-state index in [9.17, 15) is 9.90 Å². The predicted molar refractivity (Wildman–Crippen MR) is 49.3 cm³/mol. The molecule has 0 unspecified atom stereocenters. The van der Waals surface area contributed by atoms with E-state index in [2.05, 4.69) is 18.6 Å². The molecular weight excluding hydrogens is 168 g/mol. The van der Waals surface area contributed by atoms with Gasteiger partial charge < -0.3 is 9.84 Å². The van der Waals surface area contributed by atoms with Gasteiger partial charge in [-0.15, -0.1) is 0 Å². The average Bonchev–Trinajstić information content (AvgIpc) is 2.01. The van der Waals surface area contributed by atoms with Crippen LogP contribution in [0.2, 0.25) is 0 Å². The number of carbonyl (C=O) groups is 1. The van der Waals surface area contributed by atoms with E-state index in [1.807, 2.05) is 0 Å². The number of carbonyl (C=O) groups excluding carboxylic acids is 1. The lowest BCUT2D eigenvalue weighted by molar-refractivity contribution is -0.136. The summed E-state index contributed by atoms with van der Waals surface area (Å²) < 4.78 is 4.57. The Kier molecular flexibility index (Phi) is 2.64. The molecule has 1 N–H and O–H groups in total. The van der Waals surface area contributed by atoms with E-state index in [1.165, 1.54) is 7.11 Å². The molecule has 1 rings (SSSR count). The lowest BCUT2D eigenvalue weighted by Crippen LogP contribution is -2.22. The number of esters is 1. The molecule has 0 aromatic rings. The Morgan fingerprint density at radius 1 is 1.54 bits per heavy atom. The van der Waals surface area contributed by atoms with Crippen LogP contribution in [0, 0.1) is 5.41 Å². The summed E-state index contributed by atoms with van der Waals surface area (Å²) in [5.74, 6) is -0.198. The number of hydrogen-bond donors (Lipinski definition) is 1. The van der Waals surface area contributed by atoms with Crippen molar-refractivity contribution >= 4 is 5.97 Å². The monoisotopic (exact) mass is 184 g/mol. The van der Waals surface area contributed by atoms with Crippen LogP contribution in [-0.2, 0) is 9.53 Å². The van der Waals surface area contributed by atoms with Gasteiger partial charge in [0, 0.05) is 6.42 Å². The van der Waals surface area contributed by atoms with Crippen LogP contribution in [0.5, 0.6) is 0 Å². The van der Waals surface area contributed by atoms with Crippen molar-refractivity contribution < 1.29 is 14.6 Å². The molecular formula is C10H16O3. The Morgan fingerprint density at radius 3 is 2.62 bits per heavy atom. The third kappa shape index (κ3) is 2.23. The van der Waals surface area contributed by atoms with E-state index in [-0.39, 0.29) is 11.2 Å². The summed E-state index contributed by atoms with van der Waals surface area (Å²) in [5.41, 5.74) is 0.545. The summed E-state index contributed by atoms with van der Waals surface area (Å²) in [6.45, 7) is 4.16. The fourth-order valence-corrected chi connectivity index (χ4v) is 1.60. The van der Waals surface area contributed by atoms with Crippen molar-refractivity contribution in [2.45, 2.75) is 33.1 Å². The molecule has 0 aliphatic heterocycles. The van der Waals surface area contributed by atoms with Crippen molar-refractivity contribution in [3.05, 3.63) is 11.3 Å². The first-order valence-electron chi connectivity index (χ1n) is 4.45. The highest BCUT2D eigenvalue weighted by atomic mass is 16.5. The Balaban J connectivity index is 2.83. The van der Waals surface area contributed by atoms with Gasteiger partial charge in [-0.1, -0.05) is 13.8 Å². The molecule has 3 heteroatoms. The summed E-state index contributed by atoms with van der Waals surface area (Å²) in [5, 5.41) is 9.58. The van der Waals surface area contributed by atoms with Gasteiger partial charge in [-0.2, -0.15) is 0 Å². The fourth-order valence-electron chi connectivity index (χ4n) is 1.60. The molecule has 0 spiro atoms. The maximum absolute atomic E-state index is 11.1. The van der Waals surface area contributed by atoms with Gasteiger partial charge in [0.15, 0.2) is 0 Å². The second-order valence-corrected chi connectivity index (χ2v) is 4.26. The minimum absolute atomic E-state index is 0.0988. The molecule has 0 radical (unpaired) electrons. The number of aliphatic hydroxyl groups excluding tert-OH is 1. The van der Waals surface area contributed by atoms with E-state index in [4.69, 9.17) is 0 Å². The Labute approximate surface area is 78.4 Å². The molecule has 74 valence electrons. The van der Waals surface area contributed by atoms with Crippen LogP contribution < -0.4 is 0 Å². The molecule has 3 nitrogen and oxygen atoms in total. The predicted octanol–water partition coefficient (Wildman–Crippen LogP) is 2.18. The van der Waals surface area contributed by atoms with Crippen LogP contribution in [0.25, 0.3) is 0 Å². The maximum atomic E-state index is 11.1. The molecule has 13 heavy (non-hydrogen) atoms. The molecule has 0 atom stereocenters. The normalized spacial score (nSPS) is 21.5. The highest BCUT2D eigenvalue weighted by molar-refractivity contribution is 5.89. The first-order valence-corrected chi connectivity index (χ1v) is 4.45. The molecule has 0 fully saturated rings. The lowest BCUT2D eigenvalue weighted by Gasteiger charge is -2.29. The minimum atomic E-state index is -0.395. The first kappa shape index (κ1) is 10.1. The highest BCUT2D eigenvalue weighted by Gasteiger charge is 2.30. The molecule has 0 amide bonds. The van der Waals surface area contributed by atoms with Gasteiger partial charge in [0.1, 0.15) is 5.76 Å². The number of aliphatic hydroxyl groups is 1. The summed E-state index contributed by atoms with van der Waals surface area (Å²) >= 11 is 0. The minimum Gasteiger partial charge on any atom is -0.512 e. The van der Waals surface area contributed by atoms with Crippen LogP contribution in [-0.4, -0.2) is 18.2 Å². The van der Waals surface area contributed by atoms with E-state index >= 15 is 0 Å².